The molecule has 24 heavy (non-hydrogen) atoms. The fraction of sp³-hybridized carbons (Fsp3) is 0.176. The Morgan fingerprint density at radius 1 is 0.833 bits per heavy atom. The molecule has 0 radical (unpaired) electrons. The fourth-order valence-electron chi connectivity index (χ4n) is 2.60. The summed E-state index contributed by atoms with van der Waals surface area (Å²) in [6.45, 7) is 0. The summed E-state index contributed by atoms with van der Waals surface area (Å²) in [6, 6.07) is 11.3. The van der Waals surface area contributed by atoms with Gasteiger partial charge in [-0.15, -0.1) is 0 Å². The molecule has 2 N–H and O–H groups in total. The van der Waals surface area contributed by atoms with Crippen LogP contribution in [0.2, 0.25) is 0 Å². The molecule has 0 aliphatic rings. The van der Waals surface area contributed by atoms with E-state index in [1.807, 2.05) is 30.3 Å². The first-order valence-corrected chi connectivity index (χ1v) is 7.25. The second kappa shape index (κ2) is 5.99. The number of aromatic amines is 2. The summed E-state index contributed by atoms with van der Waals surface area (Å²) >= 11 is 0. The van der Waals surface area contributed by atoms with E-state index in [-0.39, 0.29) is 23.0 Å². The van der Waals surface area contributed by atoms with E-state index >= 15 is 0 Å². The highest BCUT2D eigenvalue weighted by atomic mass is 19.4. The zero-order chi connectivity index (χ0) is 17.3. The highest BCUT2D eigenvalue weighted by molar-refractivity contribution is 5.76. The lowest BCUT2D eigenvalue weighted by Gasteiger charge is -2.14. The molecule has 0 aliphatic carbocycles. The van der Waals surface area contributed by atoms with Crippen LogP contribution in [0.15, 0.2) is 52.1 Å². The molecule has 0 saturated heterocycles. The van der Waals surface area contributed by atoms with Crippen molar-refractivity contribution in [2.45, 2.75) is 19.0 Å². The first-order chi connectivity index (χ1) is 11.3. The summed E-state index contributed by atoms with van der Waals surface area (Å²) in [6.07, 6.45) is -3.95. The topological polar surface area (TPSA) is 65.7 Å². The van der Waals surface area contributed by atoms with E-state index in [0.717, 1.165) is 11.6 Å². The van der Waals surface area contributed by atoms with Gasteiger partial charge in [0, 0.05) is 0 Å². The molecule has 4 nitrogen and oxygen atoms in total. The summed E-state index contributed by atoms with van der Waals surface area (Å²) in [5, 5.41) is 0. The van der Waals surface area contributed by atoms with E-state index in [9.17, 15) is 22.8 Å². The standard InChI is InChI=1S/C17H13F3N2O2/c18-17(19,20)12-9-14-13(21-15(23)16(24)22-14)8-11(12)7-6-10-4-2-1-3-5-10/h1-5,8-9H,6-7H2,(H,21,23)(H,22,24). The van der Waals surface area contributed by atoms with Gasteiger partial charge >= 0.3 is 17.3 Å². The zero-order valence-electron chi connectivity index (χ0n) is 12.4. The van der Waals surface area contributed by atoms with Crippen LogP contribution in [0.5, 0.6) is 0 Å². The minimum absolute atomic E-state index is 0.0459. The molecule has 0 aliphatic heterocycles. The first kappa shape index (κ1) is 16.0. The Kier molecular flexibility index (Phi) is 4.01. The summed E-state index contributed by atoms with van der Waals surface area (Å²) in [5.74, 6) is 0. The van der Waals surface area contributed by atoms with Crippen molar-refractivity contribution in [1.29, 1.82) is 0 Å². The van der Waals surface area contributed by atoms with Crippen LogP contribution in [0.25, 0.3) is 11.0 Å². The van der Waals surface area contributed by atoms with Crippen LogP contribution in [0, 0.1) is 0 Å². The van der Waals surface area contributed by atoms with Crippen molar-refractivity contribution in [3.63, 3.8) is 0 Å². The second-order valence-electron chi connectivity index (χ2n) is 5.45. The Hall–Kier alpha value is -2.83. The molecule has 124 valence electrons. The molecule has 3 aromatic rings. The number of rotatable bonds is 3. The highest BCUT2D eigenvalue weighted by Crippen LogP contribution is 2.34. The number of hydrogen-bond donors (Lipinski definition) is 2. The molecule has 0 fully saturated rings. The lowest BCUT2D eigenvalue weighted by atomic mass is 9.98. The monoisotopic (exact) mass is 334 g/mol. The van der Waals surface area contributed by atoms with Crippen molar-refractivity contribution in [1.82, 2.24) is 9.97 Å². The molecule has 0 spiro atoms. The molecule has 0 amide bonds. The summed E-state index contributed by atoms with van der Waals surface area (Å²) in [7, 11) is 0. The number of halogens is 3. The Balaban J connectivity index is 2.08. The van der Waals surface area contributed by atoms with Gasteiger partial charge in [-0.25, -0.2) is 0 Å². The van der Waals surface area contributed by atoms with Crippen LogP contribution in [-0.4, -0.2) is 9.97 Å². The highest BCUT2D eigenvalue weighted by Gasteiger charge is 2.33. The number of hydrogen-bond acceptors (Lipinski definition) is 2. The van der Waals surface area contributed by atoms with E-state index in [2.05, 4.69) is 9.97 Å². The second-order valence-corrected chi connectivity index (χ2v) is 5.45. The number of aryl methyl sites for hydroxylation is 2. The number of alkyl halides is 3. The minimum atomic E-state index is -4.55. The first-order valence-electron chi connectivity index (χ1n) is 7.25. The smallest absolute Gasteiger partial charge is 0.316 e. The summed E-state index contributed by atoms with van der Waals surface area (Å²) in [4.78, 5) is 27.2. The molecule has 0 atom stereocenters. The molecule has 0 bridgehead atoms. The molecule has 2 aromatic carbocycles. The zero-order valence-corrected chi connectivity index (χ0v) is 12.4. The maximum Gasteiger partial charge on any atom is 0.416 e. The maximum absolute atomic E-state index is 13.3. The maximum atomic E-state index is 13.3. The number of benzene rings is 2. The molecular weight excluding hydrogens is 321 g/mol. The summed E-state index contributed by atoms with van der Waals surface area (Å²) in [5.41, 5.74) is -1.56. The van der Waals surface area contributed by atoms with Gasteiger partial charge in [0.25, 0.3) is 0 Å². The largest absolute Gasteiger partial charge is 0.416 e. The SMILES string of the molecule is O=c1[nH]c2cc(CCc3ccccc3)c(C(F)(F)F)cc2[nH]c1=O. The van der Waals surface area contributed by atoms with Gasteiger partial charge in [0.05, 0.1) is 16.6 Å². The van der Waals surface area contributed by atoms with Crippen molar-refractivity contribution in [3.8, 4) is 0 Å². The lowest BCUT2D eigenvalue weighted by molar-refractivity contribution is -0.138. The van der Waals surface area contributed by atoms with Crippen molar-refractivity contribution < 1.29 is 13.2 Å². The van der Waals surface area contributed by atoms with E-state index in [1.54, 1.807) is 0 Å². The van der Waals surface area contributed by atoms with Gasteiger partial charge in [0.1, 0.15) is 0 Å². The Morgan fingerprint density at radius 3 is 2.00 bits per heavy atom. The molecular formula is C17H13F3N2O2. The van der Waals surface area contributed by atoms with Gasteiger partial charge in [-0.3, -0.25) is 9.59 Å². The van der Waals surface area contributed by atoms with Crippen LogP contribution in [-0.2, 0) is 19.0 Å². The van der Waals surface area contributed by atoms with Gasteiger partial charge < -0.3 is 9.97 Å². The Morgan fingerprint density at radius 2 is 1.42 bits per heavy atom. The van der Waals surface area contributed by atoms with E-state index in [1.165, 1.54) is 6.07 Å². The third kappa shape index (κ3) is 3.24. The van der Waals surface area contributed by atoms with Crippen molar-refractivity contribution in [3.05, 3.63) is 79.9 Å². The third-order valence-electron chi connectivity index (χ3n) is 3.78. The Labute approximate surface area is 134 Å². The molecule has 1 aromatic heterocycles. The van der Waals surface area contributed by atoms with Crippen molar-refractivity contribution >= 4 is 11.0 Å². The van der Waals surface area contributed by atoms with E-state index < -0.39 is 22.9 Å². The minimum Gasteiger partial charge on any atom is -0.316 e. The van der Waals surface area contributed by atoms with E-state index in [4.69, 9.17) is 0 Å². The normalized spacial score (nSPS) is 11.8. The third-order valence-corrected chi connectivity index (χ3v) is 3.78. The summed E-state index contributed by atoms with van der Waals surface area (Å²) < 4.78 is 40.0. The van der Waals surface area contributed by atoms with E-state index in [0.29, 0.717) is 6.42 Å². The predicted molar refractivity (Wildman–Crippen MR) is 84.0 cm³/mol. The quantitative estimate of drug-likeness (QED) is 0.723. The van der Waals surface area contributed by atoms with Crippen LogP contribution < -0.4 is 11.1 Å². The van der Waals surface area contributed by atoms with Crippen LogP contribution in [0.3, 0.4) is 0 Å². The number of H-pyrrole nitrogens is 2. The molecule has 1 heterocycles. The van der Waals surface area contributed by atoms with Gasteiger partial charge in [-0.1, -0.05) is 30.3 Å². The average molecular weight is 334 g/mol. The van der Waals surface area contributed by atoms with Crippen LogP contribution in [0.1, 0.15) is 16.7 Å². The molecule has 7 heteroatoms. The van der Waals surface area contributed by atoms with Gasteiger partial charge in [0.15, 0.2) is 0 Å². The predicted octanol–water partition coefficient (Wildman–Crippen LogP) is 3.02. The molecule has 3 rings (SSSR count). The van der Waals surface area contributed by atoms with Crippen molar-refractivity contribution in [2.75, 3.05) is 0 Å². The molecule has 0 unspecified atom stereocenters. The fourth-order valence-corrected chi connectivity index (χ4v) is 2.60. The van der Waals surface area contributed by atoms with Crippen molar-refractivity contribution in [2.24, 2.45) is 0 Å². The average Bonchev–Trinajstić information content (AvgIpc) is 2.53. The number of fused-ring (bicyclic) bond motifs is 1. The number of nitrogens with one attached hydrogen (secondary N) is 2. The molecule has 0 saturated carbocycles. The lowest BCUT2D eigenvalue weighted by Crippen LogP contribution is -2.29. The number of aromatic nitrogens is 2. The van der Waals surface area contributed by atoms with Crippen LogP contribution >= 0.6 is 0 Å². The Bertz CT molecular complexity index is 989. The van der Waals surface area contributed by atoms with Gasteiger partial charge in [-0.05, 0) is 36.1 Å². The van der Waals surface area contributed by atoms with Crippen LogP contribution in [0.4, 0.5) is 13.2 Å². The van der Waals surface area contributed by atoms with Gasteiger partial charge in [0.2, 0.25) is 0 Å². The van der Waals surface area contributed by atoms with Gasteiger partial charge in [-0.2, -0.15) is 13.2 Å².